The van der Waals surface area contributed by atoms with Gasteiger partial charge in [0.2, 0.25) is 0 Å². The number of pyridine rings is 2. The Kier molecular flexibility index (Phi) is 5.40. The summed E-state index contributed by atoms with van der Waals surface area (Å²) >= 11 is 0. The molecule has 5 nitrogen and oxygen atoms in total. The van der Waals surface area contributed by atoms with Gasteiger partial charge in [-0.2, -0.15) is 0 Å². The van der Waals surface area contributed by atoms with Gasteiger partial charge < -0.3 is 14.0 Å². The molecule has 0 bridgehead atoms. The minimum atomic E-state index is -0.0511. The Bertz CT molecular complexity index is 1190. The predicted molar refractivity (Wildman–Crippen MR) is 114 cm³/mol. The van der Waals surface area contributed by atoms with Crippen molar-refractivity contribution in [2.45, 2.75) is 13.2 Å². The van der Waals surface area contributed by atoms with Crippen LogP contribution < -0.4 is 10.3 Å². The third-order valence-corrected chi connectivity index (χ3v) is 5.04. The first-order chi connectivity index (χ1) is 14.2. The normalized spacial score (nSPS) is 11.0. The molecule has 0 saturated heterocycles. The first-order valence-corrected chi connectivity index (χ1v) is 9.40. The average molecular weight is 386 g/mol. The Hall–Kier alpha value is -3.44. The van der Waals surface area contributed by atoms with E-state index in [2.05, 4.69) is 4.98 Å². The first-order valence-electron chi connectivity index (χ1n) is 9.40. The van der Waals surface area contributed by atoms with E-state index in [1.807, 2.05) is 60.7 Å². The van der Waals surface area contributed by atoms with Crippen molar-refractivity contribution in [1.29, 1.82) is 0 Å². The van der Waals surface area contributed by atoms with E-state index in [1.165, 1.54) is 0 Å². The van der Waals surface area contributed by atoms with E-state index in [0.717, 1.165) is 27.8 Å². The molecule has 0 aliphatic rings. The van der Waals surface area contributed by atoms with Crippen molar-refractivity contribution in [3.63, 3.8) is 0 Å². The van der Waals surface area contributed by atoms with Crippen LogP contribution in [0.3, 0.4) is 0 Å². The lowest BCUT2D eigenvalue weighted by Gasteiger charge is -2.18. The summed E-state index contributed by atoms with van der Waals surface area (Å²) in [4.78, 5) is 17.1. The summed E-state index contributed by atoms with van der Waals surface area (Å²) in [7, 11) is 3.42. The van der Waals surface area contributed by atoms with Gasteiger partial charge in [-0.3, -0.25) is 9.78 Å². The predicted octanol–water partition coefficient (Wildman–Crippen LogP) is 4.33. The molecular formula is C24H22N2O3. The van der Waals surface area contributed by atoms with Crippen LogP contribution in [-0.4, -0.2) is 16.7 Å². The van der Waals surface area contributed by atoms with Crippen LogP contribution in [0, 0.1) is 0 Å². The fourth-order valence-electron chi connectivity index (χ4n) is 3.51. The zero-order valence-electron chi connectivity index (χ0n) is 16.5. The summed E-state index contributed by atoms with van der Waals surface area (Å²) in [5, 5.41) is 1.52. The largest absolute Gasteiger partial charge is 0.497 e. The van der Waals surface area contributed by atoms with Crippen molar-refractivity contribution >= 4 is 10.8 Å². The number of hydrogen-bond acceptors (Lipinski definition) is 4. The van der Waals surface area contributed by atoms with Gasteiger partial charge in [0.15, 0.2) is 0 Å². The maximum Gasteiger partial charge on any atom is 0.258 e. The van der Waals surface area contributed by atoms with E-state index < -0.39 is 0 Å². The summed E-state index contributed by atoms with van der Waals surface area (Å²) in [5.41, 5.74) is 3.83. The number of fused-ring (bicyclic) bond motifs is 1. The lowest BCUT2D eigenvalue weighted by atomic mass is 9.96. The maximum absolute atomic E-state index is 13.0. The van der Waals surface area contributed by atoms with Crippen LogP contribution in [0.5, 0.6) is 5.75 Å². The van der Waals surface area contributed by atoms with Gasteiger partial charge in [-0.25, -0.2) is 0 Å². The van der Waals surface area contributed by atoms with Crippen LogP contribution in [0.4, 0.5) is 0 Å². The molecule has 0 amide bonds. The number of hydrogen-bond donors (Lipinski definition) is 0. The van der Waals surface area contributed by atoms with Gasteiger partial charge in [-0.15, -0.1) is 0 Å². The second kappa shape index (κ2) is 8.29. The number of benzene rings is 2. The van der Waals surface area contributed by atoms with E-state index in [4.69, 9.17) is 9.47 Å². The molecular weight excluding hydrogens is 364 g/mol. The van der Waals surface area contributed by atoms with Gasteiger partial charge in [-0.1, -0.05) is 30.3 Å². The monoisotopic (exact) mass is 386 g/mol. The van der Waals surface area contributed by atoms with Crippen molar-refractivity contribution in [3.05, 3.63) is 94.7 Å². The minimum absolute atomic E-state index is 0.0511. The van der Waals surface area contributed by atoms with E-state index >= 15 is 0 Å². The Morgan fingerprint density at radius 1 is 0.931 bits per heavy atom. The lowest BCUT2D eigenvalue weighted by molar-refractivity contribution is 0.102. The van der Waals surface area contributed by atoms with Crippen molar-refractivity contribution in [2.24, 2.45) is 7.05 Å². The summed E-state index contributed by atoms with van der Waals surface area (Å²) < 4.78 is 13.1. The van der Waals surface area contributed by atoms with E-state index in [0.29, 0.717) is 24.3 Å². The van der Waals surface area contributed by atoms with Crippen LogP contribution in [0.1, 0.15) is 11.3 Å². The molecule has 0 N–H and O–H groups in total. The molecule has 0 spiro atoms. The Morgan fingerprint density at radius 3 is 2.41 bits per heavy atom. The zero-order chi connectivity index (χ0) is 20.2. The average Bonchev–Trinajstić information content (AvgIpc) is 2.78. The molecule has 0 aliphatic heterocycles. The molecule has 0 unspecified atom stereocenters. The molecule has 4 aromatic rings. The number of methoxy groups -OCH3 is 1. The highest BCUT2D eigenvalue weighted by Gasteiger charge is 2.17. The van der Waals surface area contributed by atoms with Gasteiger partial charge in [0.05, 0.1) is 26.0 Å². The molecule has 0 radical (unpaired) electrons. The number of nitrogens with zero attached hydrogens (tertiary/aromatic N) is 2. The second-order valence-electron chi connectivity index (χ2n) is 6.81. The molecule has 0 fully saturated rings. The summed E-state index contributed by atoms with van der Waals surface area (Å²) in [6, 6.07) is 19.5. The molecule has 2 aromatic heterocycles. The maximum atomic E-state index is 13.0. The number of ether oxygens (including phenoxy) is 2. The van der Waals surface area contributed by atoms with Gasteiger partial charge in [0.1, 0.15) is 5.75 Å². The highest BCUT2D eigenvalue weighted by Crippen LogP contribution is 2.33. The standard InChI is InChI=1S/C24H22N2O3/c1-26-22(16-29-15-17-10-12-25-13-11-17)23(18-6-4-3-5-7-18)21-14-19(28-2)8-9-20(21)24(26)27/h3-14H,15-16H2,1-2H3. The van der Waals surface area contributed by atoms with Crippen molar-refractivity contribution < 1.29 is 9.47 Å². The highest BCUT2D eigenvalue weighted by molar-refractivity contribution is 5.98. The van der Waals surface area contributed by atoms with Crippen molar-refractivity contribution in [2.75, 3.05) is 7.11 Å². The molecule has 4 rings (SSSR count). The molecule has 0 atom stereocenters. The topological polar surface area (TPSA) is 53.4 Å². The Morgan fingerprint density at radius 2 is 1.69 bits per heavy atom. The first kappa shape index (κ1) is 18.9. The quantitative estimate of drug-likeness (QED) is 0.495. The molecule has 0 aliphatic carbocycles. The van der Waals surface area contributed by atoms with Crippen LogP contribution in [0.25, 0.3) is 21.9 Å². The van der Waals surface area contributed by atoms with E-state index in [9.17, 15) is 4.79 Å². The van der Waals surface area contributed by atoms with Gasteiger partial charge in [0, 0.05) is 35.8 Å². The third-order valence-electron chi connectivity index (χ3n) is 5.04. The number of aromatic nitrogens is 2. The van der Waals surface area contributed by atoms with Crippen LogP contribution in [0.2, 0.25) is 0 Å². The molecule has 0 saturated carbocycles. The molecule has 5 heteroatoms. The molecule has 2 aromatic carbocycles. The second-order valence-corrected chi connectivity index (χ2v) is 6.81. The molecule has 29 heavy (non-hydrogen) atoms. The van der Waals surface area contributed by atoms with Gasteiger partial charge in [0.25, 0.3) is 5.56 Å². The van der Waals surface area contributed by atoms with Gasteiger partial charge >= 0.3 is 0 Å². The SMILES string of the molecule is COc1ccc2c(=O)n(C)c(COCc3ccncc3)c(-c3ccccc3)c2c1. The summed E-state index contributed by atoms with van der Waals surface area (Å²) in [6.07, 6.45) is 3.48. The lowest BCUT2D eigenvalue weighted by Crippen LogP contribution is -2.22. The summed E-state index contributed by atoms with van der Waals surface area (Å²) in [5.74, 6) is 0.714. The van der Waals surface area contributed by atoms with Gasteiger partial charge in [-0.05, 0) is 41.5 Å². The fraction of sp³-hybridized carbons (Fsp3) is 0.167. The smallest absolute Gasteiger partial charge is 0.258 e. The van der Waals surface area contributed by atoms with Crippen molar-refractivity contribution in [3.8, 4) is 16.9 Å². The van der Waals surface area contributed by atoms with Crippen LogP contribution >= 0.6 is 0 Å². The third kappa shape index (κ3) is 3.77. The minimum Gasteiger partial charge on any atom is -0.497 e. The zero-order valence-corrected chi connectivity index (χ0v) is 16.5. The fourth-order valence-corrected chi connectivity index (χ4v) is 3.51. The van der Waals surface area contributed by atoms with Crippen LogP contribution in [-0.2, 0) is 25.0 Å². The number of rotatable bonds is 6. The molecule has 146 valence electrons. The van der Waals surface area contributed by atoms with Crippen molar-refractivity contribution in [1.82, 2.24) is 9.55 Å². The Balaban J connectivity index is 1.85. The van der Waals surface area contributed by atoms with E-state index in [-0.39, 0.29) is 5.56 Å². The summed E-state index contributed by atoms with van der Waals surface area (Å²) in [6.45, 7) is 0.756. The Labute approximate surface area is 169 Å². The highest BCUT2D eigenvalue weighted by atomic mass is 16.5. The van der Waals surface area contributed by atoms with E-state index in [1.54, 1.807) is 31.1 Å². The van der Waals surface area contributed by atoms with Crippen LogP contribution in [0.15, 0.2) is 77.9 Å². The molecule has 2 heterocycles.